The summed E-state index contributed by atoms with van der Waals surface area (Å²) in [6, 6.07) is 4.56. The van der Waals surface area contributed by atoms with E-state index in [0.29, 0.717) is 0 Å². The lowest BCUT2D eigenvalue weighted by atomic mass is 10.1. The Bertz CT molecular complexity index is 338. The molecule has 0 spiro atoms. The van der Waals surface area contributed by atoms with Crippen molar-refractivity contribution in [1.82, 2.24) is 0 Å². The number of nitrogens with two attached hydrogens (primary N) is 1. The van der Waals surface area contributed by atoms with E-state index in [2.05, 4.69) is 25.1 Å². The molecule has 0 fully saturated rings. The summed E-state index contributed by atoms with van der Waals surface area (Å²) >= 11 is 1.86. The van der Waals surface area contributed by atoms with Crippen LogP contribution in [-0.2, 0) is 6.42 Å². The van der Waals surface area contributed by atoms with Crippen molar-refractivity contribution in [3.8, 4) is 0 Å². The Morgan fingerprint density at radius 3 is 2.93 bits per heavy atom. The van der Waals surface area contributed by atoms with E-state index in [1.165, 1.54) is 34.6 Å². The molecule has 2 heteroatoms. The van der Waals surface area contributed by atoms with Gasteiger partial charge in [-0.05, 0) is 37.8 Å². The van der Waals surface area contributed by atoms with Crippen molar-refractivity contribution in [3.63, 3.8) is 0 Å². The number of rotatable bonds is 3. The van der Waals surface area contributed by atoms with Gasteiger partial charge in [-0.25, -0.2) is 0 Å². The van der Waals surface area contributed by atoms with Crippen molar-refractivity contribution in [2.75, 3.05) is 0 Å². The van der Waals surface area contributed by atoms with Gasteiger partial charge >= 0.3 is 0 Å². The number of aryl methyl sites for hydroxylation is 1. The minimum Gasteiger partial charge on any atom is -0.320 e. The number of hydrogen-bond donors (Lipinski definition) is 1. The second-order valence-electron chi connectivity index (χ2n) is 3.81. The van der Waals surface area contributed by atoms with E-state index < -0.39 is 0 Å². The standard InChI is InChI=1S/C12H17NS/c1-2-10-7-8-11(14-10)12(13)9-5-3-4-6-9/h5,7-8,12H,2-4,6,13H2,1H3. The average Bonchev–Trinajstić information content (AvgIpc) is 2.88. The predicted molar refractivity (Wildman–Crippen MR) is 62.6 cm³/mol. The van der Waals surface area contributed by atoms with Crippen LogP contribution in [0.4, 0.5) is 0 Å². The molecule has 1 aliphatic carbocycles. The van der Waals surface area contributed by atoms with Crippen molar-refractivity contribution in [1.29, 1.82) is 0 Å². The molecule has 0 aliphatic heterocycles. The van der Waals surface area contributed by atoms with Crippen molar-refractivity contribution in [2.24, 2.45) is 5.73 Å². The summed E-state index contributed by atoms with van der Waals surface area (Å²) in [7, 11) is 0. The van der Waals surface area contributed by atoms with Gasteiger partial charge in [0.05, 0.1) is 6.04 Å². The minimum absolute atomic E-state index is 0.169. The molecule has 1 atom stereocenters. The van der Waals surface area contributed by atoms with E-state index in [0.717, 1.165) is 6.42 Å². The van der Waals surface area contributed by atoms with Crippen LogP contribution in [0.15, 0.2) is 23.8 Å². The van der Waals surface area contributed by atoms with Crippen LogP contribution in [0.2, 0.25) is 0 Å². The zero-order valence-corrected chi connectivity index (χ0v) is 9.44. The van der Waals surface area contributed by atoms with Crippen LogP contribution in [0, 0.1) is 0 Å². The first-order valence-corrected chi connectivity index (χ1v) is 6.16. The van der Waals surface area contributed by atoms with Gasteiger partial charge in [-0.3, -0.25) is 0 Å². The first kappa shape index (κ1) is 9.94. The van der Waals surface area contributed by atoms with Crippen molar-refractivity contribution in [2.45, 2.75) is 38.6 Å². The Morgan fingerprint density at radius 1 is 1.50 bits per heavy atom. The summed E-state index contributed by atoms with van der Waals surface area (Å²) in [6.45, 7) is 2.19. The smallest absolute Gasteiger partial charge is 0.0605 e. The van der Waals surface area contributed by atoms with Crippen molar-refractivity contribution in [3.05, 3.63) is 33.5 Å². The van der Waals surface area contributed by atoms with Gasteiger partial charge in [0, 0.05) is 9.75 Å². The first-order valence-electron chi connectivity index (χ1n) is 5.34. The SMILES string of the molecule is CCc1ccc(C(N)C2=CCCC2)s1. The van der Waals surface area contributed by atoms with Crippen LogP contribution in [0.25, 0.3) is 0 Å². The normalized spacial score (nSPS) is 18.3. The highest BCUT2D eigenvalue weighted by atomic mass is 32.1. The first-order chi connectivity index (χ1) is 6.81. The van der Waals surface area contributed by atoms with Gasteiger partial charge in [-0.2, -0.15) is 0 Å². The zero-order chi connectivity index (χ0) is 9.97. The number of allylic oxidation sites excluding steroid dienone is 1. The molecular weight excluding hydrogens is 190 g/mol. The number of thiophene rings is 1. The van der Waals surface area contributed by atoms with Gasteiger partial charge in [-0.15, -0.1) is 11.3 Å². The average molecular weight is 207 g/mol. The van der Waals surface area contributed by atoms with Crippen molar-refractivity contribution < 1.29 is 0 Å². The maximum atomic E-state index is 6.21. The molecular formula is C12H17NS. The second-order valence-corrected chi connectivity index (χ2v) is 5.01. The van der Waals surface area contributed by atoms with E-state index in [1.807, 2.05) is 11.3 Å². The molecule has 0 radical (unpaired) electrons. The zero-order valence-electron chi connectivity index (χ0n) is 8.62. The summed E-state index contributed by atoms with van der Waals surface area (Å²) in [5, 5.41) is 0. The van der Waals surface area contributed by atoms with E-state index in [-0.39, 0.29) is 6.04 Å². The molecule has 0 aromatic carbocycles. The lowest BCUT2D eigenvalue weighted by molar-refractivity contribution is 0.796. The second kappa shape index (κ2) is 4.28. The Labute approximate surface area is 89.6 Å². The van der Waals surface area contributed by atoms with Gasteiger partial charge < -0.3 is 5.73 Å². The molecule has 1 unspecified atom stereocenters. The fourth-order valence-electron chi connectivity index (χ4n) is 1.91. The maximum Gasteiger partial charge on any atom is 0.0605 e. The third-order valence-corrected chi connectivity index (χ3v) is 4.13. The van der Waals surface area contributed by atoms with Crippen molar-refractivity contribution >= 4 is 11.3 Å². The van der Waals surface area contributed by atoms with Crippen LogP contribution in [0.3, 0.4) is 0 Å². The highest BCUT2D eigenvalue weighted by Gasteiger charge is 2.16. The Hall–Kier alpha value is -0.600. The van der Waals surface area contributed by atoms with Gasteiger partial charge in [0.15, 0.2) is 0 Å². The summed E-state index contributed by atoms with van der Waals surface area (Å²) in [6.07, 6.45) is 7.14. The Kier molecular flexibility index (Phi) is 3.04. The molecule has 0 amide bonds. The molecule has 1 aliphatic rings. The molecule has 1 aromatic heterocycles. The van der Waals surface area contributed by atoms with Crippen LogP contribution < -0.4 is 5.73 Å². The highest BCUT2D eigenvalue weighted by Crippen LogP contribution is 2.32. The lowest BCUT2D eigenvalue weighted by Gasteiger charge is -2.10. The molecule has 0 saturated heterocycles. The highest BCUT2D eigenvalue weighted by molar-refractivity contribution is 7.12. The topological polar surface area (TPSA) is 26.0 Å². The quantitative estimate of drug-likeness (QED) is 0.755. The molecule has 1 nitrogen and oxygen atoms in total. The maximum absolute atomic E-state index is 6.21. The molecule has 1 aromatic rings. The molecule has 0 saturated carbocycles. The third-order valence-electron chi connectivity index (χ3n) is 2.81. The molecule has 1 heterocycles. The molecule has 2 N–H and O–H groups in total. The fraction of sp³-hybridized carbons (Fsp3) is 0.500. The predicted octanol–water partition coefficient (Wildman–Crippen LogP) is 3.42. The van der Waals surface area contributed by atoms with E-state index in [1.54, 1.807) is 0 Å². The molecule has 0 bridgehead atoms. The summed E-state index contributed by atoms with van der Waals surface area (Å²) in [5.41, 5.74) is 7.65. The number of hydrogen-bond acceptors (Lipinski definition) is 2. The third kappa shape index (κ3) is 1.91. The summed E-state index contributed by atoms with van der Waals surface area (Å²) < 4.78 is 0. The molecule has 76 valence electrons. The molecule has 2 rings (SSSR count). The van der Waals surface area contributed by atoms with Gasteiger partial charge in [-0.1, -0.05) is 18.6 Å². The fourth-order valence-corrected chi connectivity index (χ4v) is 2.91. The van der Waals surface area contributed by atoms with Gasteiger partial charge in [0.25, 0.3) is 0 Å². The molecule has 14 heavy (non-hydrogen) atoms. The van der Waals surface area contributed by atoms with Crippen LogP contribution in [0.5, 0.6) is 0 Å². The minimum atomic E-state index is 0.169. The Balaban J connectivity index is 2.13. The van der Waals surface area contributed by atoms with Crippen LogP contribution in [-0.4, -0.2) is 0 Å². The van der Waals surface area contributed by atoms with Gasteiger partial charge in [0.1, 0.15) is 0 Å². The van der Waals surface area contributed by atoms with E-state index in [9.17, 15) is 0 Å². The largest absolute Gasteiger partial charge is 0.320 e. The summed E-state index contributed by atoms with van der Waals surface area (Å²) in [4.78, 5) is 2.77. The lowest BCUT2D eigenvalue weighted by Crippen LogP contribution is -2.10. The van der Waals surface area contributed by atoms with E-state index >= 15 is 0 Å². The summed E-state index contributed by atoms with van der Waals surface area (Å²) in [5.74, 6) is 0. The monoisotopic (exact) mass is 207 g/mol. The van der Waals surface area contributed by atoms with Crippen LogP contribution >= 0.6 is 11.3 Å². The van der Waals surface area contributed by atoms with Crippen LogP contribution in [0.1, 0.15) is 42.0 Å². The van der Waals surface area contributed by atoms with Gasteiger partial charge in [0.2, 0.25) is 0 Å². The Morgan fingerprint density at radius 2 is 2.36 bits per heavy atom. The van der Waals surface area contributed by atoms with E-state index in [4.69, 9.17) is 5.73 Å².